The summed E-state index contributed by atoms with van der Waals surface area (Å²) in [7, 11) is 0. The molecule has 0 radical (unpaired) electrons. The van der Waals surface area contributed by atoms with Crippen LogP contribution in [0.3, 0.4) is 0 Å². The molecule has 6 rings (SSSR count). The van der Waals surface area contributed by atoms with Gasteiger partial charge in [-0.05, 0) is 80.6 Å². The van der Waals surface area contributed by atoms with Crippen molar-refractivity contribution in [3.05, 3.63) is 77.6 Å². The van der Waals surface area contributed by atoms with Gasteiger partial charge in [-0.15, -0.1) is 11.8 Å². The molecule has 1 spiro atoms. The van der Waals surface area contributed by atoms with Crippen LogP contribution in [0.4, 0.5) is 5.82 Å². The molecule has 2 saturated heterocycles. The summed E-state index contributed by atoms with van der Waals surface area (Å²) < 4.78 is 0. The number of benzene rings is 1. The Morgan fingerprint density at radius 1 is 1.10 bits per heavy atom. The minimum absolute atomic E-state index is 0.137. The zero-order valence-corrected chi connectivity index (χ0v) is 22.8. The average molecular weight is 539 g/mol. The first-order valence-corrected chi connectivity index (χ1v) is 14.4. The van der Waals surface area contributed by atoms with E-state index in [9.17, 15) is 9.59 Å². The third kappa shape index (κ3) is 4.88. The maximum absolute atomic E-state index is 13.2. The SMILES string of the molecule is CSc1cc(C(=O)NCc2cc3nc(-c4cccc(N5CCC6(CCNC6)C5=O)n4)ccc3cn2)ccc1C. The molecule has 0 aliphatic carbocycles. The third-order valence-electron chi connectivity index (χ3n) is 7.76. The van der Waals surface area contributed by atoms with Crippen LogP contribution in [0, 0.1) is 12.3 Å². The van der Waals surface area contributed by atoms with Crippen LogP contribution >= 0.6 is 11.8 Å². The number of hydrogen-bond donors (Lipinski definition) is 2. The Balaban J connectivity index is 1.20. The van der Waals surface area contributed by atoms with E-state index in [1.54, 1.807) is 18.0 Å². The van der Waals surface area contributed by atoms with Crippen LogP contribution in [0.5, 0.6) is 0 Å². The molecule has 2 N–H and O–H groups in total. The molecule has 1 aromatic carbocycles. The van der Waals surface area contributed by atoms with Crippen LogP contribution in [0.2, 0.25) is 0 Å². The van der Waals surface area contributed by atoms with Crippen LogP contribution in [0.25, 0.3) is 22.3 Å². The summed E-state index contributed by atoms with van der Waals surface area (Å²) in [6.45, 7) is 4.65. The topological polar surface area (TPSA) is 100 Å². The van der Waals surface area contributed by atoms with Crippen LogP contribution < -0.4 is 15.5 Å². The number of aromatic nitrogens is 3. The van der Waals surface area contributed by atoms with Gasteiger partial charge in [0.2, 0.25) is 5.91 Å². The molecule has 39 heavy (non-hydrogen) atoms. The fraction of sp³-hybridized carbons (Fsp3) is 0.300. The summed E-state index contributed by atoms with van der Waals surface area (Å²) in [6.07, 6.45) is 5.52. The molecule has 3 aromatic heterocycles. The lowest BCUT2D eigenvalue weighted by molar-refractivity contribution is -0.124. The molecule has 0 saturated carbocycles. The summed E-state index contributed by atoms with van der Waals surface area (Å²) in [5.41, 5.74) is 4.42. The van der Waals surface area contributed by atoms with Gasteiger partial charge < -0.3 is 10.6 Å². The molecule has 2 amide bonds. The first-order valence-electron chi connectivity index (χ1n) is 13.1. The van der Waals surface area contributed by atoms with E-state index < -0.39 is 0 Å². The third-order valence-corrected chi connectivity index (χ3v) is 8.64. The van der Waals surface area contributed by atoms with Gasteiger partial charge >= 0.3 is 0 Å². The molecule has 8 nitrogen and oxygen atoms in total. The van der Waals surface area contributed by atoms with Crippen molar-refractivity contribution in [2.45, 2.75) is 31.2 Å². The molecule has 1 atom stereocenters. The van der Waals surface area contributed by atoms with Crippen molar-refractivity contribution >= 4 is 40.3 Å². The Labute approximate surface area is 231 Å². The van der Waals surface area contributed by atoms with Gasteiger partial charge in [0.1, 0.15) is 5.82 Å². The quantitative estimate of drug-likeness (QED) is 0.352. The van der Waals surface area contributed by atoms with Crippen molar-refractivity contribution < 1.29 is 9.59 Å². The monoisotopic (exact) mass is 538 g/mol. The number of aryl methyl sites for hydroxylation is 1. The first kappa shape index (κ1) is 25.5. The molecular weight excluding hydrogens is 508 g/mol. The standard InChI is InChI=1S/C30H30N6O2S/c1-19-6-7-20(14-26(19)39-2)28(37)33-17-22-15-25-21(16-32-22)8-9-24(34-25)23-4-3-5-27(35-23)36-13-11-30(29(36)38)10-12-31-18-30/h3-9,14-16,31H,10-13,17-18H2,1-2H3,(H,33,37). The van der Waals surface area contributed by atoms with Crippen molar-refractivity contribution in [3.8, 4) is 11.4 Å². The van der Waals surface area contributed by atoms with Gasteiger partial charge in [-0.25, -0.2) is 9.97 Å². The van der Waals surface area contributed by atoms with Crippen LogP contribution in [0.15, 0.2) is 65.7 Å². The lowest BCUT2D eigenvalue weighted by Crippen LogP contribution is -2.36. The second-order valence-electron chi connectivity index (χ2n) is 10.2. The highest BCUT2D eigenvalue weighted by Crippen LogP contribution is 2.39. The highest BCUT2D eigenvalue weighted by atomic mass is 32.2. The number of pyridine rings is 3. The number of hydrogen-bond acceptors (Lipinski definition) is 7. The predicted octanol–water partition coefficient (Wildman–Crippen LogP) is 4.37. The molecule has 1 unspecified atom stereocenters. The Hall–Kier alpha value is -3.82. The van der Waals surface area contributed by atoms with E-state index in [0.29, 0.717) is 30.2 Å². The predicted molar refractivity (Wildman–Crippen MR) is 154 cm³/mol. The first-order chi connectivity index (χ1) is 19.0. The summed E-state index contributed by atoms with van der Waals surface area (Å²) in [4.78, 5) is 43.1. The number of thioether (sulfide) groups is 1. The maximum atomic E-state index is 13.2. The van der Waals surface area contributed by atoms with Gasteiger partial charge in [0.25, 0.3) is 5.91 Å². The van der Waals surface area contributed by atoms with E-state index in [-0.39, 0.29) is 17.2 Å². The van der Waals surface area contributed by atoms with E-state index in [1.165, 1.54) is 0 Å². The van der Waals surface area contributed by atoms with E-state index in [0.717, 1.165) is 58.7 Å². The van der Waals surface area contributed by atoms with Gasteiger partial charge in [-0.2, -0.15) is 0 Å². The van der Waals surface area contributed by atoms with Crippen molar-refractivity contribution in [1.29, 1.82) is 0 Å². The fourth-order valence-electron chi connectivity index (χ4n) is 5.43. The molecule has 5 heterocycles. The van der Waals surface area contributed by atoms with Crippen LogP contribution in [-0.2, 0) is 11.3 Å². The second-order valence-corrected chi connectivity index (χ2v) is 11.1. The molecule has 198 valence electrons. The summed E-state index contributed by atoms with van der Waals surface area (Å²) >= 11 is 1.63. The van der Waals surface area contributed by atoms with E-state index in [1.807, 2.05) is 72.7 Å². The average Bonchev–Trinajstić information content (AvgIpc) is 3.58. The number of carbonyl (C=O) groups excluding carboxylic acids is 2. The van der Waals surface area contributed by atoms with Gasteiger partial charge in [0, 0.05) is 35.1 Å². The zero-order valence-electron chi connectivity index (χ0n) is 22.0. The Morgan fingerprint density at radius 2 is 1.97 bits per heavy atom. The Morgan fingerprint density at radius 3 is 2.79 bits per heavy atom. The van der Waals surface area contributed by atoms with Crippen molar-refractivity contribution in [1.82, 2.24) is 25.6 Å². The minimum Gasteiger partial charge on any atom is -0.346 e. The van der Waals surface area contributed by atoms with Crippen molar-refractivity contribution in [2.24, 2.45) is 5.41 Å². The molecule has 2 aliphatic rings. The van der Waals surface area contributed by atoms with E-state index in [4.69, 9.17) is 9.97 Å². The maximum Gasteiger partial charge on any atom is 0.251 e. The van der Waals surface area contributed by atoms with Gasteiger partial charge in [0.05, 0.1) is 34.6 Å². The van der Waals surface area contributed by atoms with Crippen LogP contribution in [-0.4, -0.2) is 52.7 Å². The molecule has 2 aliphatic heterocycles. The summed E-state index contributed by atoms with van der Waals surface area (Å²) in [5.74, 6) is 0.695. The second kappa shape index (κ2) is 10.4. The van der Waals surface area contributed by atoms with Gasteiger partial charge in [-0.1, -0.05) is 12.1 Å². The van der Waals surface area contributed by atoms with Crippen molar-refractivity contribution in [2.75, 3.05) is 30.8 Å². The van der Waals surface area contributed by atoms with Gasteiger partial charge in [0.15, 0.2) is 0 Å². The number of rotatable bonds is 6. The number of nitrogens with zero attached hydrogens (tertiary/aromatic N) is 4. The molecule has 2 fully saturated rings. The molecule has 0 bridgehead atoms. The van der Waals surface area contributed by atoms with Crippen LogP contribution in [0.1, 0.15) is 34.5 Å². The number of fused-ring (bicyclic) bond motifs is 1. The largest absolute Gasteiger partial charge is 0.346 e. The molecule has 4 aromatic rings. The van der Waals surface area contributed by atoms with Crippen molar-refractivity contribution in [3.63, 3.8) is 0 Å². The number of anilines is 1. The zero-order chi connectivity index (χ0) is 27.0. The van der Waals surface area contributed by atoms with E-state index in [2.05, 4.69) is 15.6 Å². The number of nitrogens with one attached hydrogen (secondary N) is 2. The fourth-order valence-corrected chi connectivity index (χ4v) is 6.06. The summed E-state index contributed by atoms with van der Waals surface area (Å²) in [6, 6.07) is 17.2. The highest BCUT2D eigenvalue weighted by Gasteiger charge is 2.49. The Bertz CT molecular complexity index is 1580. The lowest BCUT2D eigenvalue weighted by Gasteiger charge is -2.21. The lowest BCUT2D eigenvalue weighted by atomic mass is 9.86. The summed E-state index contributed by atoms with van der Waals surface area (Å²) in [5, 5.41) is 7.21. The van der Waals surface area contributed by atoms with E-state index >= 15 is 0 Å². The molecule has 9 heteroatoms. The highest BCUT2D eigenvalue weighted by molar-refractivity contribution is 7.98. The molecular formula is C30H30N6O2S. The smallest absolute Gasteiger partial charge is 0.251 e. The Kier molecular flexibility index (Phi) is 6.78. The minimum atomic E-state index is -0.283. The number of amides is 2. The number of carbonyl (C=O) groups is 2. The van der Waals surface area contributed by atoms with Gasteiger partial charge in [-0.3, -0.25) is 19.5 Å². The normalized spacial score (nSPS) is 18.8.